The Kier molecular flexibility index (Phi) is 5.62. The molecule has 1 aromatic rings. The quantitative estimate of drug-likeness (QED) is 0.901. The molecule has 0 saturated heterocycles. The molecule has 1 amide bonds. The van der Waals surface area contributed by atoms with E-state index in [1.165, 1.54) is 14.2 Å². The third-order valence-electron chi connectivity index (χ3n) is 2.98. The normalized spacial score (nSPS) is 12.2. The molecule has 0 saturated carbocycles. The third-order valence-corrected chi connectivity index (χ3v) is 3.76. The van der Waals surface area contributed by atoms with Crippen LogP contribution in [0.25, 0.3) is 0 Å². The van der Waals surface area contributed by atoms with Crippen LogP contribution in [0.3, 0.4) is 0 Å². The highest BCUT2D eigenvalue weighted by molar-refractivity contribution is 9.10. The number of amides is 1. The Labute approximate surface area is 133 Å². The largest absolute Gasteiger partial charge is 0.495 e. The fourth-order valence-corrected chi connectivity index (χ4v) is 2.21. The van der Waals surface area contributed by atoms with Crippen LogP contribution in [0.1, 0.15) is 31.1 Å². The standard InChI is InChI=1S/C15H19BrN2O3/c1-15(2,3)12(8-17)18-14(19)9-6-10(20-4)13(16)11(7-9)21-5/h6-7,12H,1-5H3,(H,18,19). The second-order valence-corrected chi connectivity index (χ2v) is 6.39. The molecule has 0 radical (unpaired) electrons. The summed E-state index contributed by atoms with van der Waals surface area (Å²) in [5.41, 5.74) is 0.0184. The van der Waals surface area contributed by atoms with E-state index in [-0.39, 0.29) is 11.3 Å². The first-order valence-electron chi connectivity index (χ1n) is 6.36. The van der Waals surface area contributed by atoms with E-state index in [4.69, 9.17) is 9.47 Å². The monoisotopic (exact) mass is 354 g/mol. The number of nitriles is 1. The van der Waals surface area contributed by atoms with Gasteiger partial charge in [-0.15, -0.1) is 0 Å². The van der Waals surface area contributed by atoms with Crippen molar-refractivity contribution in [3.8, 4) is 17.6 Å². The Hall–Kier alpha value is -1.74. The van der Waals surface area contributed by atoms with Crippen molar-refractivity contribution >= 4 is 21.8 Å². The van der Waals surface area contributed by atoms with Crippen molar-refractivity contribution < 1.29 is 14.3 Å². The van der Waals surface area contributed by atoms with Gasteiger partial charge in [-0.2, -0.15) is 5.26 Å². The maximum Gasteiger partial charge on any atom is 0.252 e. The van der Waals surface area contributed by atoms with E-state index in [2.05, 4.69) is 27.3 Å². The molecule has 0 spiro atoms. The zero-order valence-corrected chi connectivity index (χ0v) is 14.4. The lowest BCUT2D eigenvalue weighted by Crippen LogP contribution is -2.42. The number of hydrogen-bond donors (Lipinski definition) is 1. The van der Waals surface area contributed by atoms with Crippen LogP contribution in [0.2, 0.25) is 0 Å². The fourth-order valence-electron chi connectivity index (χ4n) is 1.66. The summed E-state index contributed by atoms with van der Waals surface area (Å²) in [5, 5.41) is 11.9. The molecule has 6 heteroatoms. The number of methoxy groups -OCH3 is 2. The minimum absolute atomic E-state index is 0.347. The van der Waals surface area contributed by atoms with Gasteiger partial charge in [0, 0.05) is 5.56 Å². The molecule has 114 valence electrons. The first kappa shape index (κ1) is 17.3. The number of halogens is 1. The van der Waals surface area contributed by atoms with Crippen LogP contribution < -0.4 is 14.8 Å². The topological polar surface area (TPSA) is 71.3 Å². The van der Waals surface area contributed by atoms with Gasteiger partial charge in [-0.1, -0.05) is 20.8 Å². The van der Waals surface area contributed by atoms with Crippen molar-refractivity contribution in [2.75, 3.05) is 14.2 Å². The van der Waals surface area contributed by atoms with E-state index >= 15 is 0 Å². The lowest BCUT2D eigenvalue weighted by atomic mass is 9.87. The molecule has 21 heavy (non-hydrogen) atoms. The number of nitrogens with one attached hydrogen (secondary N) is 1. The van der Waals surface area contributed by atoms with Crippen LogP contribution in [0.4, 0.5) is 0 Å². The Morgan fingerprint density at radius 3 is 2.10 bits per heavy atom. The first-order valence-corrected chi connectivity index (χ1v) is 7.16. The molecular formula is C15H19BrN2O3. The summed E-state index contributed by atoms with van der Waals surface area (Å²) in [6, 6.07) is 4.71. The second-order valence-electron chi connectivity index (χ2n) is 5.60. The van der Waals surface area contributed by atoms with Crippen LogP contribution >= 0.6 is 15.9 Å². The van der Waals surface area contributed by atoms with E-state index in [0.29, 0.717) is 21.5 Å². The zero-order valence-electron chi connectivity index (χ0n) is 12.8. The molecule has 0 fully saturated rings. The van der Waals surface area contributed by atoms with E-state index in [1.807, 2.05) is 20.8 Å². The van der Waals surface area contributed by atoms with Crippen molar-refractivity contribution in [3.05, 3.63) is 22.2 Å². The van der Waals surface area contributed by atoms with Crippen molar-refractivity contribution in [2.45, 2.75) is 26.8 Å². The molecule has 1 aromatic carbocycles. The average Bonchev–Trinajstić information content (AvgIpc) is 2.43. The van der Waals surface area contributed by atoms with Crippen LogP contribution in [0.15, 0.2) is 16.6 Å². The van der Waals surface area contributed by atoms with Gasteiger partial charge in [-0.05, 0) is 33.5 Å². The van der Waals surface area contributed by atoms with E-state index < -0.39 is 6.04 Å². The zero-order chi connectivity index (χ0) is 16.2. The maximum absolute atomic E-state index is 12.3. The summed E-state index contributed by atoms with van der Waals surface area (Å²) in [4.78, 5) is 12.3. The lowest BCUT2D eigenvalue weighted by Gasteiger charge is -2.25. The van der Waals surface area contributed by atoms with Crippen molar-refractivity contribution in [1.82, 2.24) is 5.32 Å². The van der Waals surface area contributed by atoms with Gasteiger partial charge >= 0.3 is 0 Å². The summed E-state index contributed by atoms with van der Waals surface area (Å²) in [6.45, 7) is 5.68. The van der Waals surface area contributed by atoms with Gasteiger partial charge < -0.3 is 14.8 Å². The summed E-state index contributed by atoms with van der Waals surface area (Å²) >= 11 is 3.35. The maximum atomic E-state index is 12.3. The van der Waals surface area contributed by atoms with Gasteiger partial charge in [0.15, 0.2) is 0 Å². The molecule has 1 rings (SSSR count). The highest BCUT2D eigenvalue weighted by Gasteiger charge is 2.27. The van der Waals surface area contributed by atoms with Gasteiger partial charge in [-0.25, -0.2) is 0 Å². The summed E-state index contributed by atoms with van der Waals surface area (Å²) in [5.74, 6) is 0.633. The minimum atomic E-state index is -0.592. The van der Waals surface area contributed by atoms with Crippen LogP contribution in [0, 0.1) is 16.7 Å². The molecule has 0 bridgehead atoms. The van der Waals surface area contributed by atoms with Crippen molar-refractivity contribution in [2.24, 2.45) is 5.41 Å². The molecule has 0 heterocycles. The molecule has 1 atom stereocenters. The van der Waals surface area contributed by atoms with E-state index in [9.17, 15) is 10.1 Å². The average molecular weight is 355 g/mol. The number of ether oxygens (including phenoxy) is 2. The van der Waals surface area contributed by atoms with Crippen LogP contribution in [0.5, 0.6) is 11.5 Å². The molecular weight excluding hydrogens is 336 g/mol. The molecule has 0 aliphatic carbocycles. The van der Waals surface area contributed by atoms with Crippen LogP contribution in [-0.2, 0) is 0 Å². The molecule has 0 aliphatic rings. The lowest BCUT2D eigenvalue weighted by molar-refractivity contribution is 0.0921. The Morgan fingerprint density at radius 2 is 1.76 bits per heavy atom. The summed E-state index contributed by atoms with van der Waals surface area (Å²) in [7, 11) is 3.02. The number of rotatable bonds is 4. The highest BCUT2D eigenvalue weighted by atomic mass is 79.9. The van der Waals surface area contributed by atoms with Gasteiger partial charge in [-0.3, -0.25) is 4.79 Å². The van der Waals surface area contributed by atoms with Gasteiger partial charge in [0.1, 0.15) is 22.0 Å². The first-order chi connectivity index (χ1) is 9.74. The summed E-state index contributed by atoms with van der Waals surface area (Å²) in [6.07, 6.45) is 0. The number of nitrogens with zero attached hydrogens (tertiary/aromatic N) is 1. The van der Waals surface area contributed by atoms with Crippen molar-refractivity contribution in [3.63, 3.8) is 0 Å². The van der Waals surface area contributed by atoms with Gasteiger partial charge in [0.05, 0.1) is 20.3 Å². The number of benzene rings is 1. The molecule has 5 nitrogen and oxygen atoms in total. The van der Waals surface area contributed by atoms with Gasteiger partial charge in [0.2, 0.25) is 0 Å². The fraction of sp³-hybridized carbons (Fsp3) is 0.467. The predicted molar refractivity (Wildman–Crippen MR) is 83.6 cm³/mol. The summed E-state index contributed by atoms with van der Waals surface area (Å²) < 4.78 is 11.0. The molecule has 1 unspecified atom stereocenters. The Bertz CT molecular complexity index is 548. The van der Waals surface area contributed by atoms with Crippen molar-refractivity contribution in [1.29, 1.82) is 5.26 Å². The number of hydrogen-bond acceptors (Lipinski definition) is 4. The smallest absolute Gasteiger partial charge is 0.252 e. The van der Waals surface area contributed by atoms with E-state index in [1.54, 1.807) is 12.1 Å². The minimum Gasteiger partial charge on any atom is -0.495 e. The third kappa shape index (κ3) is 4.11. The van der Waals surface area contributed by atoms with Crippen LogP contribution in [-0.4, -0.2) is 26.2 Å². The Balaban J connectivity index is 3.11. The Morgan fingerprint density at radius 1 is 1.29 bits per heavy atom. The van der Waals surface area contributed by atoms with E-state index in [0.717, 1.165) is 0 Å². The molecule has 1 N–H and O–H groups in total. The second kappa shape index (κ2) is 6.81. The molecule has 0 aliphatic heterocycles. The number of carbonyl (C=O) groups excluding carboxylic acids is 1. The SMILES string of the molecule is COc1cc(C(=O)NC(C#N)C(C)(C)C)cc(OC)c1Br. The highest BCUT2D eigenvalue weighted by Crippen LogP contribution is 2.35. The van der Waals surface area contributed by atoms with Gasteiger partial charge in [0.25, 0.3) is 5.91 Å². The number of carbonyl (C=O) groups is 1. The predicted octanol–water partition coefficient (Wildman–Crippen LogP) is 3.13. The molecule has 0 aromatic heterocycles.